The Kier molecular flexibility index (Phi) is 6.04. The molecule has 25 heavy (non-hydrogen) atoms. The maximum Gasteiger partial charge on any atom is 0.255 e. The Hall–Kier alpha value is -2.37. The largest absolute Gasteiger partial charge is 0.496 e. The number of hydrogen-bond acceptors (Lipinski definition) is 4. The Bertz CT molecular complexity index is 684. The number of benzene rings is 2. The van der Waals surface area contributed by atoms with E-state index in [0.29, 0.717) is 17.9 Å². The summed E-state index contributed by atoms with van der Waals surface area (Å²) in [7, 11) is 1.58. The van der Waals surface area contributed by atoms with E-state index in [1.807, 2.05) is 30.3 Å². The molecule has 2 aromatic rings. The third-order valence-corrected chi connectivity index (χ3v) is 4.48. The molecule has 1 fully saturated rings. The van der Waals surface area contributed by atoms with Crippen molar-refractivity contribution >= 4 is 5.91 Å². The molecule has 1 amide bonds. The minimum atomic E-state index is -0.119. The normalized spacial score (nSPS) is 16.2. The van der Waals surface area contributed by atoms with E-state index < -0.39 is 0 Å². The van der Waals surface area contributed by atoms with Gasteiger partial charge in [-0.25, -0.2) is 0 Å². The fraction of sp³-hybridized carbons (Fsp3) is 0.350. The Morgan fingerprint density at radius 1 is 1.12 bits per heavy atom. The summed E-state index contributed by atoms with van der Waals surface area (Å²) < 4.78 is 10.8. The Labute approximate surface area is 148 Å². The molecule has 0 bridgehead atoms. The molecule has 0 radical (unpaired) electrons. The Morgan fingerprint density at radius 2 is 1.80 bits per heavy atom. The average molecular weight is 340 g/mol. The number of morpholine rings is 1. The number of nitrogens with zero attached hydrogens (tertiary/aromatic N) is 1. The molecule has 132 valence electrons. The first kappa shape index (κ1) is 17.5. The van der Waals surface area contributed by atoms with Crippen LogP contribution in [0.4, 0.5) is 0 Å². The molecule has 0 spiro atoms. The highest BCUT2D eigenvalue weighted by Crippen LogP contribution is 2.22. The van der Waals surface area contributed by atoms with E-state index in [-0.39, 0.29) is 11.9 Å². The van der Waals surface area contributed by atoms with Crippen molar-refractivity contribution in [3.63, 3.8) is 0 Å². The molecule has 5 nitrogen and oxygen atoms in total. The first-order valence-electron chi connectivity index (χ1n) is 8.57. The van der Waals surface area contributed by atoms with Crippen LogP contribution in [0.25, 0.3) is 0 Å². The van der Waals surface area contributed by atoms with Crippen molar-refractivity contribution in [3.05, 3.63) is 65.7 Å². The van der Waals surface area contributed by atoms with Gasteiger partial charge in [0.15, 0.2) is 0 Å². The molecule has 5 heteroatoms. The van der Waals surface area contributed by atoms with Gasteiger partial charge >= 0.3 is 0 Å². The van der Waals surface area contributed by atoms with Crippen molar-refractivity contribution in [2.45, 2.75) is 6.04 Å². The minimum Gasteiger partial charge on any atom is -0.496 e. The maximum absolute atomic E-state index is 12.6. The molecular formula is C20H24N2O3. The van der Waals surface area contributed by atoms with Crippen LogP contribution >= 0.6 is 0 Å². The van der Waals surface area contributed by atoms with Crippen LogP contribution in [0, 0.1) is 0 Å². The first-order valence-corrected chi connectivity index (χ1v) is 8.57. The summed E-state index contributed by atoms with van der Waals surface area (Å²) >= 11 is 0. The Morgan fingerprint density at radius 3 is 2.52 bits per heavy atom. The van der Waals surface area contributed by atoms with E-state index in [9.17, 15) is 4.79 Å². The van der Waals surface area contributed by atoms with Crippen molar-refractivity contribution in [1.29, 1.82) is 0 Å². The van der Waals surface area contributed by atoms with Crippen LogP contribution in [0.5, 0.6) is 5.75 Å². The maximum atomic E-state index is 12.6. The van der Waals surface area contributed by atoms with E-state index in [0.717, 1.165) is 26.3 Å². The molecular weight excluding hydrogens is 316 g/mol. The van der Waals surface area contributed by atoms with Gasteiger partial charge in [-0.15, -0.1) is 0 Å². The summed E-state index contributed by atoms with van der Waals surface area (Å²) in [6, 6.07) is 17.7. The lowest BCUT2D eigenvalue weighted by Gasteiger charge is -2.35. The molecule has 0 aliphatic carbocycles. The van der Waals surface area contributed by atoms with E-state index >= 15 is 0 Å². The number of ether oxygens (including phenoxy) is 2. The SMILES string of the molecule is COc1ccccc1C(=O)NC[C@H](c1ccccc1)N1CCOCC1. The lowest BCUT2D eigenvalue weighted by molar-refractivity contribution is 0.0162. The summed E-state index contributed by atoms with van der Waals surface area (Å²) in [6.07, 6.45) is 0. The zero-order chi connectivity index (χ0) is 17.5. The molecule has 2 aromatic carbocycles. The second kappa shape index (κ2) is 8.65. The summed E-state index contributed by atoms with van der Waals surface area (Å²) in [5.41, 5.74) is 1.75. The summed E-state index contributed by atoms with van der Waals surface area (Å²) in [6.45, 7) is 3.72. The van der Waals surface area contributed by atoms with Crippen LogP contribution in [0.1, 0.15) is 22.0 Å². The van der Waals surface area contributed by atoms with Gasteiger partial charge in [-0.2, -0.15) is 0 Å². The van der Waals surface area contributed by atoms with Crippen LogP contribution in [-0.2, 0) is 4.74 Å². The van der Waals surface area contributed by atoms with Crippen LogP contribution in [0.3, 0.4) is 0 Å². The van der Waals surface area contributed by atoms with Gasteiger partial charge in [-0.05, 0) is 17.7 Å². The number of carbonyl (C=O) groups is 1. The lowest BCUT2D eigenvalue weighted by atomic mass is 10.0. The highest BCUT2D eigenvalue weighted by Gasteiger charge is 2.23. The quantitative estimate of drug-likeness (QED) is 0.878. The molecule has 3 rings (SSSR count). The van der Waals surface area contributed by atoms with Crippen LogP contribution < -0.4 is 10.1 Å². The zero-order valence-electron chi connectivity index (χ0n) is 14.5. The van der Waals surface area contributed by atoms with Crippen molar-refractivity contribution in [1.82, 2.24) is 10.2 Å². The molecule has 1 aliphatic heterocycles. The van der Waals surface area contributed by atoms with Gasteiger partial charge in [0.25, 0.3) is 5.91 Å². The van der Waals surface area contributed by atoms with Crippen LogP contribution in [0.2, 0.25) is 0 Å². The molecule has 1 saturated heterocycles. The van der Waals surface area contributed by atoms with Crippen molar-refractivity contribution in [3.8, 4) is 5.75 Å². The van der Waals surface area contributed by atoms with Crippen LogP contribution in [0.15, 0.2) is 54.6 Å². The summed E-state index contributed by atoms with van der Waals surface area (Å²) in [5, 5.41) is 3.07. The smallest absolute Gasteiger partial charge is 0.255 e. The fourth-order valence-electron chi connectivity index (χ4n) is 3.14. The van der Waals surface area contributed by atoms with Crippen molar-refractivity contribution in [2.75, 3.05) is 40.0 Å². The van der Waals surface area contributed by atoms with Gasteiger partial charge in [-0.1, -0.05) is 42.5 Å². The van der Waals surface area contributed by atoms with Gasteiger partial charge in [0.1, 0.15) is 5.75 Å². The van der Waals surface area contributed by atoms with E-state index in [4.69, 9.17) is 9.47 Å². The van der Waals surface area contributed by atoms with Crippen molar-refractivity contribution in [2.24, 2.45) is 0 Å². The van der Waals surface area contributed by atoms with E-state index in [2.05, 4.69) is 22.3 Å². The van der Waals surface area contributed by atoms with Gasteiger partial charge in [-0.3, -0.25) is 9.69 Å². The Balaban J connectivity index is 1.73. The molecule has 1 N–H and O–H groups in total. The molecule has 0 unspecified atom stereocenters. The molecule has 0 aromatic heterocycles. The predicted octanol–water partition coefficient (Wildman–Crippen LogP) is 2.50. The second-order valence-electron chi connectivity index (χ2n) is 5.99. The number of hydrogen-bond donors (Lipinski definition) is 1. The van der Waals surface area contributed by atoms with Crippen molar-refractivity contribution < 1.29 is 14.3 Å². The highest BCUT2D eigenvalue weighted by atomic mass is 16.5. The minimum absolute atomic E-state index is 0.119. The number of carbonyl (C=O) groups excluding carboxylic acids is 1. The van der Waals surface area contributed by atoms with E-state index in [1.165, 1.54) is 5.56 Å². The standard InChI is InChI=1S/C20H24N2O3/c1-24-19-10-6-5-9-17(19)20(23)21-15-18(16-7-3-2-4-8-16)22-11-13-25-14-12-22/h2-10,18H,11-15H2,1H3,(H,21,23)/t18-/m1/s1. The van der Waals surface area contributed by atoms with Gasteiger partial charge in [0.05, 0.1) is 31.9 Å². The van der Waals surface area contributed by atoms with Gasteiger partial charge in [0, 0.05) is 19.6 Å². The number of nitrogens with one attached hydrogen (secondary N) is 1. The van der Waals surface area contributed by atoms with E-state index in [1.54, 1.807) is 19.2 Å². The highest BCUT2D eigenvalue weighted by molar-refractivity contribution is 5.96. The second-order valence-corrected chi connectivity index (χ2v) is 5.99. The molecule has 1 heterocycles. The third kappa shape index (κ3) is 4.38. The third-order valence-electron chi connectivity index (χ3n) is 4.48. The van der Waals surface area contributed by atoms with Crippen LogP contribution in [-0.4, -0.2) is 50.8 Å². The number of methoxy groups -OCH3 is 1. The lowest BCUT2D eigenvalue weighted by Crippen LogP contribution is -2.43. The topological polar surface area (TPSA) is 50.8 Å². The molecule has 1 aliphatic rings. The number of amides is 1. The van der Waals surface area contributed by atoms with Gasteiger partial charge < -0.3 is 14.8 Å². The summed E-state index contributed by atoms with van der Waals surface area (Å²) in [4.78, 5) is 15.0. The molecule has 1 atom stereocenters. The first-order chi connectivity index (χ1) is 12.3. The van der Waals surface area contributed by atoms with Gasteiger partial charge in [0.2, 0.25) is 0 Å². The number of rotatable bonds is 6. The molecule has 0 saturated carbocycles. The average Bonchev–Trinajstić information content (AvgIpc) is 2.69. The summed E-state index contributed by atoms with van der Waals surface area (Å²) in [5.74, 6) is 0.467. The zero-order valence-corrected chi connectivity index (χ0v) is 14.5. The predicted molar refractivity (Wildman–Crippen MR) is 96.9 cm³/mol. The monoisotopic (exact) mass is 340 g/mol. The fourth-order valence-corrected chi connectivity index (χ4v) is 3.14. The number of para-hydroxylation sites is 1.